The Bertz CT molecular complexity index is 1090. The van der Waals surface area contributed by atoms with E-state index < -0.39 is 0 Å². The van der Waals surface area contributed by atoms with Crippen LogP contribution in [-0.2, 0) is 10.5 Å². The number of amides is 1. The van der Waals surface area contributed by atoms with Gasteiger partial charge < -0.3 is 5.32 Å². The van der Waals surface area contributed by atoms with Crippen molar-refractivity contribution in [3.8, 4) is 5.69 Å². The van der Waals surface area contributed by atoms with Crippen LogP contribution in [-0.4, -0.2) is 21.4 Å². The van der Waals surface area contributed by atoms with E-state index in [1.807, 2.05) is 48.1 Å². The standard InChI is InChI=1S/C24H23N3OS/c1-18(21-10-9-20-5-2-3-6-22(20)15-21)26-24(28)17-29-16-19-7-11-23(12-8-19)27-14-4-13-25-27/h2-15,18H,16-17H2,1H3,(H,26,28)/t18-/m1/s1. The van der Waals surface area contributed by atoms with Crippen LogP contribution in [0.5, 0.6) is 0 Å². The molecular formula is C24H23N3OS. The molecule has 0 aliphatic rings. The summed E-state index contributed by atoms with van der Waals surface area (Å²) in [5, 5.41) is 9.74. The Morgan fingerprint density at radius 1 is 1.03 bits per heavy atom. The zero-order valence-corrected chi connectivity index (χ0v) is 17.1. The first-order valence-corrected chi connectivity index (χ1v) is 10.8. The fourth-order valence-electron chi connectivity index (χ4n) is 3.27. The zero-order valence-electron chi connectivity index (χ0n) is 16.3. The van der Waals surface area contributed by atoms with Gasteiger partial charge in [-0.3, -0.25) is 4.79 Å². The molecule has 29 heavy (non-hydrogen) atoms. The van der Waals surface area contributed by atoms with Gasteiger partial charge in [0.15, 0.2) is 0 Å². The molecular weight excluding hydrogens is 378 g/mol. The highest BCUT2D eigenvalue weighted by atomic mass is 32.2. The van der Waals surface area contributed by atoms with Gasteiger partial charge in [-0.25, -0.2) is 4.68 Å². The van der Waals surface area contributed by atoms with Crippen LogP contribution in [0.2, 0.25) is 0 Å². The molecule has 0 spiro atoms. The van der Waals surface area contributed by atoms with Gasteiger partial charge in [0.1, 0.15) is 0 Å². The minimum absolute atomic E-state index is 0.0129. The maximum Gasteiger partial charge on any atom is 0.230 e. The van der Waals surface area contributed by atoms with Crippen LogP contribution < -0.4 is 5.32 Å². The molecule has 0 saturated carbocycles. The SMILES string of the molecule is C[C@@H](NC(=O)CSCc1ccc(-n2cccn2)cc1)c1ccc2ccccc2c1. The van der Waals surface area contributed by atoms with Crippen molar-refractivity contribution in [3.05, 3.63) is 96.3 Å². The lowest BCUT2D eigenvalue weighted by molar-refractivity contribution is -0.119. The van der Waals surface area contributed by atoms with Crippen LogP contribution in [0.15, 0.2) is 85.2 Å². The van der Waals surface area contributed by atoms with Crippen LogP contribution in [0.3, 0.4) is 0 Å². The molecule has 1 atom stereocenters. The van der Waals surface area contributed by atoms with Crippen LogP contribution in [0, 0.1) is 0 Å². The number of hydrogen-bond donors (Lipinski definition) is 1. The minimum Gasteiger partial charge on any atom is -0.349 e. The van der Waals surface area contributed by atoms with Crippen molar-refractivity contribution in [1.29, 1.82) is 0 Å². The van der Waals surface area contributed by atoms with Gasteiger partial charge in [-0.2, -0.15) is 5.10 Å². The quantitative estimate of drug-likeness (QED) is 0.467. The van der Waals surface area contributed by atoms with Gasteiger partial charge in [-0.15, -0.1) is 11.8 Å². The fourth-order valence-corrected chi connectivity index (χ4v) is 4.07. The number of benzene rings is 3. The van der Waals surface area contributed by atoms with E-state index in [0.717, 1.165) is 17.0 Å². The highest BCUT2D eigenvalue weighted by Crippen LogP contribution is 2.21. The van der Waals surface area contributed by atoms with Crippen LogP contribution >= 0.6 is 11.8 Å². The maximum atomic E-state index is 12.3. The molecule has 0 radical (unpaired) electrons. The molecule has 3 aromatic carbocycles. The number of carbonyl (C=O) groups excluding carboxylic acids is 1. The smallest absolute Gasteiger partial charge is 0.230 e. The second-order valence-corrected chi connectivity index (χ2v) is 7.99. The van der Waals surface area contributed by atoms with E-state index in [2.05, 4.69) is 52.9 Å². The number of fused-ring (bicyclic) bond motifs is 1. The molecule has 1 aromatic heterocycles. The van der Waals surface area contributed by atoms with E-state index in [1.54, 1.807) is 18.0 Å². The number of aromatic nitrogens is 2. The summed E-state index contributed by atoms with van der Waals surface area (Å²) >= 11 is 1.62. The molecule has 4 rings (SSSR count). The van der Waals surface area contributed by atoms with Crippen molar-refractivity contribution < 1.29 is 4.79 Å². The second kappa shape index (κ2) is 8.97. The fraction of sp³-hybridized carbons (Fsp3) is 0.167. The molecule has 1 heterocycles. The number of carbonyl (C=O) groups is 1. The van der Waals surface area contributed by atoms with Gasteiger partial charge in [-0.05, 0) is 53.1 Å². The van der Waals surface area contributed by atoms with Crippen molar-refractivity contribution >= 4 is 28.4 Å². The Balaban J connectivity index is 1.27. The molecule has 1 N–H and O–H groups in total. The number of nitrogens with zero attached hydrogens (tertiary/aromatic N) is 2. The second-order valence-electron chi connectivity index (χ2n) is 7.01. The molecule has 0 saturated heterocycles. The lowest BCUT2D eigenvalue weighted by Gasteiger charge is -2.15. The van der Waals surface area contributed by atoms with E-state index >= 15 is 0 Å². The maximum absolute atomic E-state index is 12.3. The minimum atomic E-state index is -0.0129. The highest BCUT2D eigenvalue weighted by molar-refractivity contribution is 7.99. The van der Waals surface area contributed by atoms with Crippen LogP contribution in [0.1, 0.15) is 24.1 Å². The normalized spacial score (nSPS) is 12.0. The monoisotopic (exact) mass is 401 g/mol. The molecule has 0 aliphatic carbocycles. The van der Waals surface area contributed by atoms with Gasteiger partial charge in [0.25, 0.3) is 0 Å². The molecule has 0 bridgehead atoms. The lowest BCUT2D eigenvalue weighted by Crippen LogP contribution is -2.28. The van der Waals surface area contributed by atoms with E-state index in [4.69, 9.17) is 0 Å². The van der Waals surface area contributed by atoms with Crippen molar-refractivity contribution in [2.75, 3.05) is 5.75 Å². The zero-order chi connectivity index (χ0) is 20.1. The summed E-state index contributed by atoms with van der Waals surface area (Å²) in [6.45, 7) is 2.03. The largest absolute Gasteiger partial charge is 0.349 e. The topological polar surface area (TPSA) is 46.9 Å². The summed E-state index contributed by atoms with van der Waals surface area (Å²) in [6.07, 6.45) is 3.69. The molecule has 146 valence electrons. The van der Waals surface area contributed by atoms with E-state index in [-0.39, 0.29) is 11.9 Å². The van der Waals surface area contributed by atoms with Crippen molar-refractivity contribution in [3.63, 3.8) is 0 Å². The molecule has 0 fully saturated rings. The molecule has 0 unspecified atom stereocenters. The summed E-state index contributed by atoms with van der Waals surface area (Å²) in [5.41, 5.74) is 3.35. The van der Waals surface area contributed by atoms with Crippen LogP contribution in [0.4, 0.5) is 0 Å². The number of rotatable bonds is 7. The Hall–Kier alpha value is -3.05. The Morgan fingerprint density at radius 2 is 1.83 bits per heavy atom. The molecule has 5 heteroatoms. The first-order chi connectivity index (χ1) is 14.2. The number of thioether (sulfide) groups is 1. The Labute approximate surface area is 174 Å². The third-order valence-corrected chi connectivity index (χ3v) is 5.86. The van der Waals surface area contributed by atoms with E-state index in [9.17, 15) is 4.79 Å². The highest BCUT2D eigenvalue weighted by Gasteiger charge is 2.10. The van der Waals surface area contributed by atoms with Crippen molar-refractivity contribution in [2.24, 2.45) is 0 Å². The molecule has 4 nitrogen and oxygen atoms in total. The lowest BCUT2D eigenvalue weighted by atomic mass is 10.0. The Kier molecular flexibility index (Phi) is 5.96. The van der Waals surface area contributed by atoms with Crippen molar-refractivity contribution in [2.45, 2.75) is 18.7 Å². The number of hydrogen-bond acceptors (Lipinski definition) is 3. The number of nitrogens with one attached hydrogen (secondary N) is 1. The summed E-state index contributed by atoms with van der Waals surface area (Å²) in [4.78, 5) is 12.3. The molecule has 0 aliphatic heterocycles. The third-order valence-electron chi connectivity index (χ3n) is 4.86. The Morgan fingerprint density at radius 3 is 2.59 bits per heavy atom. The first-order valence-electron chi connectivity index (χ1n) is 9.64. The predicted molar refractivity (Wildman–Crippen MR) is 120 cm³/mol. The van der Waals surface area contributed by atoms with Crippen LogP contribution in [0.25, 0.3) is 16.5 Å². The third kappa shape index (κ3) is 4.87. The molecule has 4 aromatic rings. The van der Waals surface area contributed by atoms with Crippen molar-refractivity contribution in [1.82, 2.24) is 15.1 Å². The summed E-state index contributed by atoms with van der Waals surface area (Å²) < 4.78 is 1.83. The van der Waals surface area contributed by atoms with Gasteiger partial charge in [0.05, 0.1) is 17.5 Å². The van der Waals surface area contributed by atoms with Gasteiger partial charge in [0.2, 0.25) is 5.91 Å². The predicted octanol–water partition coefficient (Wildman–Crippen LogP) is 5.14. The van der Waals surface area contributed by atoms with E-state index in [1.165, 1.54) is 16.3 Å². The summed E-state index contributed by atoms with van der Waals surface area (Å²) in [6, 6.07) is 24.8. The average Bonchev–Trinajstić information content (AvgIpc) is 3.29. The summed E-state index contributed by atoms with van der Waals surface area (Å²) in [7, 11) is 0. The van der Waals surface area contributed by atoms with Gasteiger partial charge >= 0.3 is 0 Å². The van der Waals surface area contributed by atoms with E-state index in [0.29, 0.717) is 5.75 Å². The summed E-state index contributed by atoms with van der Waals surface area (Å²) in [5.74, 6) is 1.31. The molecule has 1 amide bonds. The van der Waals surface area contributed by atoms with Gasteiger partial charge in [-0.1, -0.05) is 48.5 Å². The van der Waals surface area contributed by atoms with Gasteiger partial charge in [0, 0.05) is 18.1 Å². The average molecular weight is 402 g/mol. The first kappa shape index (κ1) is 19.3.